The first-order chi connectivity index (χ1) is 12.1. The van der Waals surface area contributed by atoms with E-state index < -0.39 is 0 Å². The molecule has 7 heteroatoms. The second-order valence-corrected chi connectivity index (χ2v) is 8.28. The van der Waals surface area contributed by atoms with Crippen LogP contribution in [0.4, 0.5) is 5.69 Å². The average Bonchev–Trinajstić information content (AvgIpc) is 3.10. The lowest BCUT2D eigenvalue weighted by Gasteiger charge is -2.18. The number of nitrogens with zero attached hydrogens (tertiary/aromatic N) is 2. The summed E-state index contributed by atoms with van der Waals surface area (Å²) in [4.78, 5) is 18.2. The Hall–Kier alpha value is -1.44. The number of methoxy groups -OCH3 is 1. The Balaban J connectivity index is 1.85. The molecule has 2 aliphatic heterocycles. The third-order valence-electron chi connectivity index (χ3n) is 3.95. The molecule has 0 spiro atoms. The standard InChI is InChI=1S/C18H20N2O2S3/c1-4-10-20-17(21)15(25-18(20)23)8-9-16-19(5-2)13-11-12(22-3)6-7-14(13)24-16/h6-9,11H,4-5,10H2,1-3H3/b15-8-,16-9+. The first kappa shape index (κ1) is 18.4. The van der Waals surface area contributed by atoms with Gasteiger partial charge in [-0.05, 0) is 37.6 Å². The predicted octanol–water partition coefficient (Wildman–Crippen LogP) is 4.62. The number of benzene rings is 1. The molecule has 0 atom stereocenters. The van der Waals surface area contributed by atoms with Crippen LogP contribution in [-0.2, 0) is 4.79 Å². The number of carbonyl (C=O) groups is 1. The topological polar surface area (TPSA) is 32.8 Å². The molecular weight excluding hydrogens is 372 g/mol. The van der Waals surface area contributed by atoms with E-state index in [9.17, 15) is 4.79 Å². The van der Waals surface area contributed by atoms with Crippen LogP contribution in [0.25, 0.3) is 0 Å². The van der Waals surface area contributed by atoms with Crippen molar-refractivity contribution >= 4 is 51.7 Å². The second-order valence-electron chi connectivity index (χ2n) is 5.54. The minimum Gasteiger partial charge on any atom is -0.497 e. The Bertz CT molecular complexity index is 774. The number of anilines is 1. The highest BCUT2D eigenvalue weighted by Gasteiger charge is 2.31. The molecule has 1 amide bonds. The number of rotatable bonds is 5. The predicted molar refractivity (Wildman–Crippen MR) is 110 cm³/mol. The van der Waals surface area contributed by atoms with Crippen molar-refractivity contribution in [1.82, 2.24) is 4.90 Å². The average molecular weight is 393 g/mol. The van der Waals surface area contributed by atoms with E-state index in [1.54, 1.807) is 23.8 Å². The Morgan fingerprint density at radius 1 is 1.20 bits per heavy atom. The summed E-state index contributed by atoms with van der Waals surface area (Å²) in [5, 5.41) is 1.10. The van der Waals surface area contributed by atoms with E-state index in [1.165, 1.54) is 16.7 Å². The molecule has 0 unspecified atom stereocenters. The van der Waals surface area contributed by atoms with Crippen LogP contribution in [0.1, 0.15) is 20.3 Å². The van der Waals surface area contributed by atoms with E-state index in [0.29, 0.717) is 15.8 Å². The normalized spacial score (nSPS) is 20.1. The second kappa shape index (κ2) is 7.85. The molecule has 1 fully saturated rings. The lowest BCUT2D eigenvalue weighted by Crippen LogP contribution is -2.28. The Morgan fingerprint density at radius 2 is 2.00 bits per heavy atom. The molecule has 0 aromatic heterocycles. The smallest absolute Gasteiger partial charge is 0.266 e. The zero-order valence-electron chi connectivity index (χ0n) is 14.4. The van der Waals surface area contributed by atoms with E-state index in [4.69, 9.17) is 17.0 Å². The van der Waals surface area contributed by atoms with Crippen molar-refractivity contribution in [2.75, 3.05) is 25.1 Å². The molecule has 2 aliphatic rings. The lowest BCUT2D eigenvalue weighted by atomic mass is 10.2. The molecule has 4 nitrogen and oxygen atoms in total. The summed E-state index contributed by atoms with van der Waals surface area (Å²) in [6.07, 6.45) is 4.80. The number of ether oxygens (including phenoxy) is 1. The van der Waals surface area contributed by atoms with E-state index in [1.807, 2.05) is 31.2 Å². The molecule has 3 rings (SSSR count). The Kier molecular flexibility index (Phi) is 5.76. The van der Waals surface area contributed by atoms with E-state index >= 15 is 0 Å². The van der Waals surface area contributed by atoms with Crippen molar-refractivity contribution < 1.29 is 9.53 Å². The van der Waals surface area contributed by atoms with Crippen LogP contribution < -0.4 is 9.64 Å². The fraction of sp³-hybridized carbons (Fsp3) is 0.333. The number of fused-ring (bicyclic) bond motifs is 1. The monoisotopic (exact) mass is 392 g/mol. The van der Waals surface area contributed by atoms with Crippen LogP contribution in [-0.4, -0.2) is 35.3 Å². The van der Waals surface area contributed by atoms with Crippen molar-refractivity contribution in [3.63, 3.8) is 0 Å². The molecule has 0 N–H and O–H groups in total. The fourth-order valence-electron chi connectivity index (χ4n) is 2.74. The van der Waals surface area contributed by atoms with Gasteiger partial charge < -0.3 is 9.64 Å². The van der Waals surface area contributed by atoms with Gasteiger partial charge in [0.1, 0.15) is 10.1 Å². The largest absolute Gasteiger partial charge is 0.497 e. The van der Waals surface area contributed by atoms with Crippen LogP contribution >= 0.6 is 35.7 Å². The highest BCUT2D eigenvalue weighted by Crippen LogP contribution is 2.47. The summed E-state index contributed by atoms with van der Waals surface area (Å²) >= 11 is 8.40. The van der Waals surface area contributed by atoms with Gasteiger partial charge in [-0.25, -0.2) is 0 Å². The number of allylic oxidation sites excluding steroid dienone is 2. The third-order valence-corrected chi connectivity index (χ3v) is 6.48. The molecule has 1 aromatic rings. The van der Waals surface area contributed by atoms with Gasteiger partial charge in [0.15, 0.2) is 0 Å². The minimum atomic E-state index is 0.0129. The maximum Gasteiger partial charge on any atom is 0.266 e. The maximum absolute atomic E-state index is 12.4. The van der Waals surface area contributed by atoms with Crippen molar-refractivity contribution in [3.8, 4) is 5.75 Å². The van der Waals surface area contributed by atoms with Crippen LogP contribution in [0.15, 0.2) is 45.2 Å². The molecule has 0 aliphatic carbocycles. The van der Waals surface area contributed by atoms with Gasteiger partial charge in [-0.3, -0.25) is 9.69 Å². The first-order valence-electron chi connectivity index (χ1n) is 8.18. The first-order valence-corrected chi connectivity index (χ1v) is 10.2. The summed E-state index contributed by atoms with van der Waals surface area (Å²) in [5.41, 5.74) is 1.14. The summed E-state index contributed by atoms with van der Waals surface area (Å²) in [6.45, 7) is 5.69. The van der Waals surface area contributed by atoms with Gasteiger partial charge in [0.25, 0.3) is 5.91 Å². The maximum atomic E-state index is 12.4. The number of amides is 1. The van der Waals surface area contributed by atoms with Crippen molar-refractivity contribution in [2.45, 2.75) is 25.2 Å². The molecule has 132 valence electrons. The van der Waals surface area contributed by atoms with Crippen molar-refractivity contribution in [3.05, 3.63) is 40.3 Å². The number of hydrogen-bond donors (Lipinski definition) is 0. The van der Waals surface area contributed by atoms with Crippen LogP contribution in [0, 0.1) is 0 Å². The highest BCUT2D eigenvalue weighted by atomic mass is 32.2. The minimum absolute atomic E-state index is 0.0129. The Labute approximate surface area is 162 Å². The van der Waals surface area contributed by atoms with Crippen LogP contribution in [0.3, 0.4) is 0 Å². The van der Waals surface area contributed by atoms with Gasteiger partial charge >= 0.3 is 0 Å². The Morgan fingerprint density at radius 3 is 2.68 bits per heavy atom. The summed E-state index contributed by atoms with van der Waals surface area (Å²) in [6, 6.07) is 6.09. The molecule has 25 heavy (non-hydrogen) atoms. The molecule has 0 radical (unpaired) electrons. The summed E-state index contributed by atoms with van der Waals surface area (Å²) < 4.78 is 5.98. The quantitative estimate of drug-likeness (QED) is 0.537. The molecular formula is C18H20N2O2S3. The molecule has 1 aromatic carbocycles. The van der Waals surface area contributed by atoms with Crippen molar-refractivity contribution in [2.24, 2.45) is 0 Å². The number of thioether (sulfide) groups is 2. The van der Waals surface area contributed by atoms with Gasteiger partial charge in [0.2, 0.25) is 0 Å². The third kappa shape index (κ3) is 3.59. The van der Waals surface area contributed by atoms with Gasteiger partial charge in [-0.1, -0.05) is 42.7 Å². The molecule has 2 heterocycles. The number of carbonyl (C=O) groups excluding carboxylic acids is 1. The summed E-state index contributed by atoms with van der Waals surface area (Å²) in [7, 11) is 1.68. The van der Waals surface area contributed by atoms with E-state index in [2.05, 4.69) is 17.9 Å². The van der Waals surface area contributed by atoms with Gasteiger partial charge in [-0.15, -0.1) is 0 Å². The summed E-state index contributed by atoms with van der Waals surface area (Å²) in [5.74, 6) is 0.860. The molecule has 0 bridgehead atoms. The zero-order chi connectivity index (χ0) is 18.0. The van der Waals surface area contributed by atoms with Gasteiger partial charge in [0, 0.05) is 24.1 Å². The van der Waals surface area contributed by atoms with Crippen LogP contribution in [0.5, 0.6) is 5.75 Å². The van der Waals surface area contributed by atoms with Crippen LogP contribution in [0.2, 0.25) is 0 Å². The SMILES string of the molecule is CCCN1C(=O)/C(=C/C=C2/Sc3ccc(OC)cc3N2CC)SC1=S. The number of hydrogen-bond acceptors (Lipinski definition) is 6. The fourth-order valence-corrected chi connectivity index (χ4v) is 5.09. The molecule has 0 saturated carbocycles. The zero-order valence-corrected chi connectivity index (χ0v) is 16.9. The van der Waals surface area contributed by atoms with Crippen molar-refractivity contribution in [1.29, 1.82) is 0 Å². The van der Waals surface area contributed by atoms with Gasteiger partial charge in [0.05, 0.1) is 22.7 Å². The molecule has 1 saturated heterocycles. The lowest BCUT2D eigenvalue weighted by molar-refractivity contribution is -0.122. The number of thiocarbonyl (C=S) groups is 1. The van der Waals surface area contributed by atoms with E-state index in [-0.39, 0.29) is 5.91 Å². The highest BCUT2D eigenvalue weighted by molar-refractivity contribution is 8.26. The van der Waals surface area contributed by atoms with Gasteiger partial charge in [-0.2, -0.15) is 0 Å². The van der Waals surface area contributed by atoms with E-state index in [0.717, 1.165) is 29.4 Å².